The molecule has 3 aromatic carbocycles. The largest absolute Gasteiger partial charge is 0.493 e. The van der Waals surface area contributed by atoms with E-state index in [-0.39, 0.29) is 6.03 Å². The Morgan fingerprint density at radius 2 is 1.60 bits per heavy atom. The molecule has 0 saturated carbocycles. The fourth-order valence-corrected chi connectivity index (χ4v) is 3.70. The Hall–Kier alpha value is -4.77. The van der Waals surface area contributed by atoms with Crippen molar-refractivity contribution in [2.75, 3.05) is 36.7 Å². The fourth-order valence-electron chi connectivity index (χ4n) is 3.70. The van der Waals surface area contributed by atoms with Crippen molar-refractivity contribution in [1.82, 2.24) is 4.98 Å². The monoisotopic (exact) mass is 467 g/mol. The van der Waals surface area contributed by atoms with Crippen LogP contribution in [0.5, 0.6) is 11.5 Å². The van der Waals surface area contributed by atoms with Gasteiger partial charge in [0.1, 0.15) is 6.07 Å². The lowest BCUT2D eigenvalue weighted by Crippen LogP contribution is -2.19. The van der Waals surface area contributed by atoms with Gasteiger partial charge in [0, 0.05) is 35.6 Å². The molecule has 8 nitrogen and oxygen atoms in total. The molecule has 1 aromatic heterocycles. The predicted molar refractivity (Wildman–Crippen MR) is 137 cm³/mol. The zero-order chi connectivity index (χ0) is 24.6. The Labute approximate surface area is 203 Å². The van der Waals surface area contributed by atoms with Crippen molar-refractivity contribution in [2.24, 2.45) is 0 Å². The van der Waals surface area contributed by atoms with E-state index in [1.165, 1.54) is 0 Å². The average molecular weight is 468 g/mol. The van der Waals surface area contributed by atoms with Crippen LogP contribution in [0.1, 0.15) is 11.1 Å². The second-order valence-corrected chi connectivity index (χ2v) is 7.70. The maximum Gasteiger partial charge on any atom is 0.323 e. The number of carbonyl (C=O) groups is 1. The van der Waals surface area contributed by atoms with Crippen LogP contribution in [0.25, 0.3) is 10.9 Å². The quantitative estimate of drug-likeness (QED) is 0.319. The summed E-state index contributed by atoms with van der Waals surface area (Å²) < 4.78 is 10.8. The Balaban J connectivity index is 1.41. The number of nitrogens with one attached hydrogen (secondary N) is 3. The highest BCUT2D eigenvalue weighted by atomic mass is 16.5. The summed E-state index contributed by atoms with van der Waals surface area (Å²) in [6.45, 7) is 0.601. The molecule has 0 spiro atoms. The van der Waals surface area contributed by atoms with Crippen molar-refractivity contribution < 1.29 is 14.3 Å². The molecular weight excluding hydrogens is 442 g/mol. The van der Waals surface area contributed by atoms with Crippen LogP contribution in [-0.4, -0.2) is 31.8 Å². The molecule has 0 unspecified atom stereocenters. The van der Waals surface area contributed by atoms with Crippen LogP contribution in [-0.2, 0) is 6.42 Å². The average Bonchev–Trinajstić information content (AvgIpc) is 2.89. The molecule has 0 aliphatic carbocycles. The number of rotatable bonds is 8. The molecule has 0 bridgehead atoms. The molecule has 2 amide bonds. The van der Waals surface area contributed by atoms with Crippen LogP contribution >= 0.6 is 0 Å². The molecule has 3 N–H and O–H groups in total. The highest BCUT2D eigenvalue weighted by Crippen LogP contribution is 2.35. The number of aromatic nitrogens is 1. The first-order chi connectivity index (χ1) is 17.1. The van der Waals surface area contributed by atoms with Gasteiger partial charge in [0.15, 0.2) is 11.5 Å². The SMILES string of the molecule is COc1cc2ncc(C#N)c(NCCc3ccc(NC(=O)Nc4ccccc4)cc3)c2cc1OC. The van der Waals surface area contributed by atoms with Crippen molar-refractivity contribution >= 4 is 34.0 Å². The second kappa shape index (κ2) is 10.9. The van der Waals surface area contributed by atoms with Crippen LogP contribution in [0.4, 0.5) is 21.9 Å². The Morgan fingerprint density at radius 3 is 2.26 bits per heavy atom. The highest BCUT2D eigenvalue weighted by molar-refractivity contribution is 5.99. The molecule has 0 aliphatic heterocycles. The third-order valence-electron chi connectivity index (χ3n) is 5.45. The first kappa shape index (κ1) is 23.4. The van der Waals surface area contributed by atoms with Crippen LogP contribution < -0.4 is 25.4 Å². The van der Waals surface area contributed by atoms with E-state index in [0.717, 1.165) is 23.1 Å². The molecule has 176 valence electrons. The van der Waals surface area contributed by atoms with Gasteiger partial charge in [-0.1, -0.05) is 30.3 Å². The zero-order valence-corrected chi connectivity index (χ0v) is 19.5. The molecule has 4 rings (SSSR count). The van der Waals surface area contributed by atoms with Crippen LogP contribution in [0.2, 0.25) is 0 Å². The summed E-state index contributed by atoms with van der Waals surface area (Å²) in [6.07, 6.45) is 2.27. The van der Waals surface area contributed by atoms with Crippen molar-refractivity contribution in [2.45, 2.75) is 6.42 Å². The van der Waals surface area contributed by atoms with E-state index >= 15 is 0 Å². The van der Waals surface area contributed by atoms with Gasteiger partial charge < -0.3 is 25.4 Å². The number of nitrogens with zero attached hydrogens (tertiary/aromatic N) is 2. The summed E-state index contributed by atoms with van der Waals surface area (Å²) >= 11 is 0. The van der Waals surface area contributed by atoms with Gasteiger partial charge in [-0.2, -0.15) is 5.26 Å². The number of hydrogen-bond donors (Lipinski definition) is 3. The van der Waals surface area contributed by atoms with E-state index in [1.54, 1.807) is 26.5 Å². The number of methoxy groups -OCH3 is 2. The van der Waals surface area contributed by atoms with Crippen molar-refractivity contribution in [3.8, 4) is 17.6 Å². The Kier molecular flexibility index (Phi) is 7.28. The van der Waals surface area contributed by atoms with Crippen LogP contribution in [0.15, 0.2) is 72.9 Å². The first-order valence-corrected chi connectivity index (χ1v) is 11.0. The van der Waals surface area contributed by atoms with E-state index < -0.39 is 0 Å². The number of urea groups is 1. The van der Waals surface area contributed by atoms with E-state index in [0.29, 0.717) is 40.5 Å². The van der Waals surface area contributed by atoms with Gasteiger partial charge in [-0.05, 0) is 42.3 Å². The topological polar surface area (TPSA) is 108 Å². The summed E-state index contributed by atoms with van der Waals surface area (Å²) in [5.41, 5.74) is 4.37. The van der Waals surface area contributed by atoms with Crippen molar-refractivity contribution in [3.63, 3.8) is 0 Å². The number of amides is 2. The van der Waals surface area contributed by atoms with E-state index in [4.69, 9.17) is 9.47 Å². The number of para-hydroxylation sites is 1. The molecule has 0 radical (unpaired) electrons. The minimum absolute atomic E-state index is 0.300. The molecule has 0 fully saturated rings. The van der Waals surface area contributed by atoms with Gasteiger partial charge >= 0.3 is 6.03 Å². The molecule has 0 aliphatic rings. The first-order valence-electron chi connectivity index (χ1n) is 11.0. The number of anilines is 3. The molecule has 4 aromatic rings. The number of nitriles is 1. The summed E-state index contributed by atoms with van der Waals surface area (Å²) in [4.78, 5) is 16.6. The number of carbonyl (C=O) groups excluding carboxylic acids is 1. The van der Waals surface area contributed by atoms with Gasteiger partial charge in [0.2, 0.25) is 0 Å². The van der Waals surface area contributed by atoms with Crippen LogP contribution in [0, 0.1) is 11.3 Å². The van der Waals surface area contributed by atoms with Gasteiger partial charge in [-0.3, -0.25) is 4.98 Å². The van der Waals surface area contributed by atoms with Crippen molar-refractivity contribution in [3.05, 3.63) is 84.1 Å². The Morgan fingerprint density at radius 1 is 0.943 bits per heavy atom. The van der Waals surface area contributed by atoms with Crippen LogP contribution in [0.3, 0.4) is 0 Å². The van der Waals surface area contributed by atoms with Gasteiger partial charge in [-0.15, -0.1) is 0 Å². The van der Waals surface area contributed by atoms with Gasteiger partial charge in [-0.25, -0.2) is 4.79 Å². The number of hydrogen-bond acceptors (Lipinski definition) is 6. The van der Waals surface area contributed by atoms with Gasteiger partial charge in [0.05, 0.1) is 31.0 Å². The summed E-state index contributed by atoms with van der Waals surface area (Å²) in [5.74, 6) is 1.15. The lowest BCUT2D eigenvalue weighted by Gasteiger charge is -2.14. The lowest BCUT2D eigenvalue weighted by atomic mass is 10.1. The van der Waals surface area contributed by atoms with E-state index in [9.17, 15) is 10.1 Å². The minimum atomic E-state index is -0.300. The number of pyridine rings is 1. The predicted octanol–water partition coefficient (Wildman–Crippen LogP) is 5.42. The number of fused-ring (bicyclic) bond motifs is 1. The molecule has 1 heterocycles. The standard InChI is InChI=1S/C27H25N5O3/c1-34-24-14-22-23(15-25(24)35-2)30-17-19(16-28)26(22)29-13-12-18-8-10-21(11-9-18)32-27(33)31-20-6-4-3-5-7-20/h3-11,14-15,17H,12-13H2,1-2H3,(H,29,30)(H2,31,32,33). The molecule has 0 saturated heterocycles. The van der Waals surface area contributed by atoms with E-state index in [2.05, 4.69) is 27.0 Å². The second-order valence-electron chi connectivity index (χ2n) is 7.70. The fraction of sp³-hybridized carbons (Fsp3) is 0.148. The third kappa shape index (κ3) is 5.60. The third-order valence-corrected chi connectivity index (χ3v) is 5.45. The zero-order valence-electron chi connectivity index (χ0n) is 19.5. The smallest absolute Gasteiger partial charge is 0.323 e. The normalized spacial score (nSPS) is 10.3. The number of benzene rings is 3. The maximum absolute atomic E-state index is 12.2. The van der Waals surface area contributed by atoms with Gasteiger partial charge in [0.25, 0.3) is 0 Å². The molecule has 0 atom stereocenters. The maximum atomic E-state index is 12.2. The summed E-state index contributed by atoms with van der Waals surface area (Å²) in [7, 11) is 3.14. The number of ether oxygens (including phenoxy) is 2. The molecule has 8 heteroatoms. The lowest BCUT2D eigenvalue weighted by molar-refractivity contribution is 0.262. The Bertz CT molecular complexity index is 1370. The van der Waals surface area contributed by atoms with E-state index in [1.807, 2.05) is 60.7 Å². The molecular formula is C27H25N5O3. The minimum Gasteiger partial charge on any atom is -0.493 e. The van der Waals surface area contributed by atoms with Crippen molar-refractivity contribution in [1.29, 1.82) is 5.26 Å². The highest BCUT2D eigenvalue weighted by Gasteiger charge is 2.13. The summed E-state index contributed by atoms with van der Waals surface area (Å²) in [6, 6.07) is 22.4. The summed E-state index contributed by atoms with van der Waals surface area (Å²) in [5, 5.41) is 19.4. The molecule has 35 heavy (non-hydrogen) atoms.